The summed E-state index contributed by atoms with van der Waals surface area (Å²) in [5.41, 5.74) is 1.03. The molecule has 4 rings (SSSR count). The fraction of sp³-hybridized carbons (Fsp3) is 0.739. The van der Waals surface area contributed by atoms with E-state index in [4.69, 9.17) is 18.9 Å². The van der Waals surface area contributed by atoms with Gasteiger partial charge in [-0.2, -0.15) is 0 Å². The molecule has 0 saturated carbocycles. The van der Waals surface area contributed by atoms with Crippen LogP contribution < -0.4 is 9.47 Å². The Morgan fingerprint density at radius 3 is 2.57 bits per heavy atom. The van der Waals surface area contributed by atoms with Gasteiger partial charge in [0.05, 0.1) is 31.5 Å². The summed E-state index contributed by atoms with van der Waals surface area (Å²) in [6.07, 6.45) is 2.61. The van der Waals surface area contributed by atoms with Gasteiger partial charge >= 0.3 is 0 Å². The third kappa shape index (κ3) is 6.08. The maximum atomic E-state index is 10.4. The number of ether oxygens (including phenoxy) is 4. The largest absolute Gasteiger partial charge is 0.454 e. The van der Waals surface area contributed by atoms with Gasteiger partial charge in [0, 0.05) is 26.2 Å². The SMILES string of the molecule is CC1CN(CC2CCN(CC(O)COCc3ccc4c(c3)OCO4)CC2)CC(C)O1. The normalized spacial score (nSPS) is 26.8. The Kier molecular flexibility index (Phi) is 7.49. The Bertz CT molecular complexity index is 670. The van der Waals surface area contributed by atoms with E-state index >= 15 is 0 Å². The van der Waals surface area contributed by atoms with Crippen molar-refractivity contribution >= 4 is 0 Å². The van der Waals surface area contributed by atoms with E-state index in [0.717, 1.165) is 49.2 Å². The number of aliphatic hydroxyl groups is 1. The zero-order valence-electron chi connectivity index (χ0n) is 18.3. The quantitative estimate of drug-likeness (QED) is 0.691. The monoisotopic (exact) mass is 420 g/mol. The Balaban J connectivity index is 1.11. The lowest BCUT2D eigenvalue weighted by Gasteiger charge is -2.39. The van der Waals surface area contributed by atoms with Crippen LogP contribution in [0.25, 0.3) is 0 Å². The number of hydrogen-bond acceptors (Lipinski definition) is 7. The number of benzene rings is 1. The minimum Gasteiger partial charge on any atom is -0.454 e. The van der Waals surface area contributed by atoms with Crippen molar-refractivity contribution in [3.63, 3.8) is 0 Å². The molecule has 168 valence electrons. The molecule has 0 aliphatic carbocycles. The Morgan fingerprint density at radius 1 is 1.07 bits per heavy atom. The molecule has 0 spiro atoms. The van der Waals surface area contributed by atoms with E-state index in [9.17, 15) is 5.11 Å². The predicted molar refractivity (Wildman–Crippen MR) is 114 cm³/mol. The maximum absolute atomic E-state index is 10.4. The van der Waals surface area contributed by atoms with Crippen LogP contribution in [0, 0.1) is 5.92 Å². The molecule has 3 heterocycles. The van der Waals surface area contributed by atoms with Gasteiger partial charge in [0.1, 0.15) is 0 Å². The van der Waals surface area contributed by atoms with E-state index < -0.39 is 6.10 Å². The third-order valence-electron chi connectivity index (χ3n) is 6.20. The summed E-state index contributed by atoms with van der Waals surface area (Å²) in [5, 5.41) is 10.4. The maximum Gasteiger partial charge on any atom is 0.231 e. The number of hydrogen-bond donors (Lipinski definition) is 1. The summed E-state index contributed by atoms with van der Waals surface area (Å²) in [6.45, 7) is 11.5. The highest BCUT2D eigenvalue weighted by Gasteiger charge is 2.27. The molecule has 2 fully saturated rings. The van der Waals surface area contributed by atoms with E-state index in [1.165, 1.54) is 19.4 Å². The van der Waals surface area contributed by atoms with Crippen LogP contribution >= 0.6 is 0 Å². The molecule has 3 unspecified atom stereocenters. The highest BCUT2D eigenvalue weighted by atomic mass is 16.7. The van der Waals surface area contributed by atoms with Gasteiger partial charge in [-0.15, -0.1) is 0 Å². The van der Waals surface area contributed by atoms with Crippen molar-refractivity contribution in [3.05, 3.63) is 23.8 Å². The van der Waals surface area contributed by atoms with Gasteiger partial charge in [-0.25, -0.2) is 0 Å². The van der Waals surface area contributed by atoms with Crippen LogP contribution in [0.3, 0.4) is 0 Å². The summed E-state index contributed by atoms with van der Waals surface area (Å²) in [7, 11) is 0. The lowest BCUT2D eigenvalue weighted by atomic mass is 9.95. The molecule has 0 aromatic heterocycles. The van der Waals surface area contributed by atoms with Gasteiger partial charge in [-0.1, -0.05) is 6.07 Å². The first kappa shape index (κ1) is 21.8. The van der Waals surface area contributed by atoms with Crippen LogP contribution in [0.2, 0.25) is 0 Å². The number of likely N-dealkylation sites (tertiary alicyclic amines) is 1. The number of aliphatic hydroxyl groups excluding tert-OH is 1. The third-order valence-corrected chi connectivity index (χ3v) is 6.20. The van der Waals surface area contributed by atoms with Crippen molar-refractivity contribution in [1.82, 2.24) is 9.80 Å². The number of fused-ring (bicyclic) bond motifs is 1. The summed E-state index contributed by atoms with van der Waals surface area (Å²) in [4.78, 5) is 4.94. The van der Waals surface area contributed by atoms with Crippen LogP contribution in [-0.2, 0) is 16.1 Å². The number of piperidine rings is 1. The predicted octanol–water partition coefficient (Wildman–Crippen LogP) is 2.11. The topological polar surface area (TPSA) is 63.6 Å². The molecular formula is C23H36N2O5. The molecule has 7 nitrogen and oxygen atoms in total. The standard InChI is InChI=1S/C23H36N2O5/c1-17-10-25(11-18(2)30-17)12-19-5-7-24(8-6-19)13-21(26)15-27-14-20-3-4-22-23(9-20)29-16-28-22/h3-4,9,17-19,21,26H,5-8,10-16H2,1-2H3. The molecule has 3 aliphatic rings. The zero-order valence-corrected chi connectivity index (χ0v) is 18.3. The van der Waals surface area contributed by atoms with E-state index in [2.05, 4.69) is 23.6 Å². The molecule has 2 saturated heterocycles. The molecular weight excluding hydrogens is 384 g/mol. The van der Waals surface area contributed by atoms with Crippen molar-refractivity contribution in [2.45, 2.75) is 51.6 Å². The van der Waals surface area contributed by atoms with E-state index in [-0.39, 0.29) is 6.79 Å². The first-order chi connectivity index (χ1) is 14.5. The first-order valence-corrected chi connectivity index (χ1v) is 11.3. The highest BCUT2D eigenvalue weighted by Crippen LogP contribution is 2.32. The van der Waals surface area contributed by atoms with Gasteiger partial charge in [-0.05, 0) is 63.4 Å². The number of β-amino-alcohol motifs (C(OH)–C–C–N with tert-alkyl or cyclic N) is 1. The molecule has 1 N–H and O–H groups in total. The van der Waals surface area contributed by atoms with Crippen LogP contribution in [0.15, 0.2) is 18.2 Å². The van der Waals surface area contributed by atoms with Gasteiger partial charge in [0.25, 0.3) is 0 Å². The van der Waals surface area contributed by atoms with E-state index in [1.54, 1.807) is 0 Å². The van der Waals surface area contributed by atoms with Crippen LogP contribution in [0.4, 0.5) is 0 Å². The molecule has 7 heteroatoms. The van der Waals surface area contributed by atoms with E-state index in [1.807, 2.05) is 18.2 Å². The number of morpholine rings is 1. The van der Waals surface area contributed by atoms with Crippen LogP contribution in [-0.4, -0.2) is 85.9 Å². The fourth-order valence-electron chi connectivity index (χ4n) is 4.84. The average molecular weight is 421 g/mol. The average Bonchev–Trinajstić information content (AvgIpc) is 3.17. The second-order valence-electron chi connectivity index (χ2n) is 9.08. The lowest BCUT2D eigenvalue weighted by molar-refractivity contribution is -0.0736. The van der Waals surface area contributed by atoms with Gasteiger partial charge < -0.3 is 29.0 Å². The molecule has 3 atom stereocenters. The molecule has 0 radical (unpaired) electrons. The minimum absolute atomic E-state index is 0.278. The Labute approximate surface area is 179 Å². The Hall–Kier alpha value is -1.38. The number of rotatable bonds is 8. The zero-order chi connectivity index (χ0) is 20.9. The van der Waals surface area contributed by atoms with Crippen LogP contribution in [0.1, 0.15) is 32.3 Å². The summed E-state index contributed by atoms with van der Waals surface area (Å²) in [6, 6.07) is 5.82. The molecule has 0 bridgehead atoms. The van der Waals surface area contributed by atoms with Crippen molar-refractivity contribution in [2.75, 3.05) is 52.7 Å². The second kappa shape index (κ2) is 10.3. The molecule has 1 aromatic rings. The molecule has 1 aromatic carbocycles. The summed E-state index contributed by atoms with van der Waals surface area (Å²) >= 11 is 0. The molecule has 3 aliphatic heterocycles. The lowest BCUT2D eigenvalue weighted by Crippen LogP contribution is -2.48. The van der Waals surface area contributed by atoms with Crippen molar-refractivity contribution in [1.29, 1.82) is 0 Å². The van der Waals surface area contributed by atoms with Crippen molar-refractivity contribution in [3.8, 4) is 11.5 Å². The molecule has 0 amide bonds. The fourth-order valence-corrected chi connectivity index (χ4v) is 4.84. The van der Waals surface area contributed by atoms with Crippen LogP contribution in [0.5, 0.6) is 11.5 Å². The smallest absolute Gasteiger partial charge is 0.231 e. The van der Waals surface area contributed by atoms with Crippen molar-refractivity contribution < 1.29 is 24.1 Å². The van der Waals surface area contributed by atoms with E-state index in [0.29, 0.717) is 32.0 Å². The summed E-state index contributed by atoms with van der Waals surface area (Å²) < 4.78 is 22.3. The minimum atomic E-state index is -0.462. The Morgan fingerprint density at radius 2 is 1.80 bits per heavy atom. The highest BCUT2D eigenvalue weighted by molar-refractivity contribution is 5.44. The second-order valence-corrected chi connectivity index (χ2v) is 9.08. The van der Waals surface area contributed by atoms with Gasteiger partial charge in [0.15, 0.2) is 11.5 Å². The van der Waals surface area contributed by atoms with Gasteiger partial charge in [-0.3, -0.25) is 4.90 Å². The summed E-state index contributed by atoms with van der Waals surface area (Å²) in [5.74, 6) is 2.29. The first-order valence-electron chi connectivity index (χ1n) is 11.3. The number of nitrogens with zero attached hydrogens (tertiary/aromatic N) is 2. The van der Waals surface area contributed by atoms with Crippen molar-refractivity contribution in [2.24, 2.45) is 5.92 Å². The molecule has 30 heavy (non-hydrogen) atoms. The van der Waals surface area contributed by atoms with Gasteiger partial charge in [0.2, 0.25) is 6.79 Å².